The number of anilines is 1. The predicted octanol–water partition coefficient (Wildman–Crippen LogP) is 0.980. The Balaban J connectivity index is 1.44. The lowest BCUT2D eigenvalue weighted by Gasteiger charge is -2.36. The van der Waals surface area contributed by atoms with Gasteiger partial charge in [0.25, 0.3) is 0 Å². The van der Waals surface area contributed by atoms with Crippen molar-refractivity contribution in [2.45, 2.75) is 19.4 Å². The molecule has 2 aliphatic heterocycles. The fourth-order valence-corrected chi connectivity index (χ4v) is 3.54. The first-order valence-electron chi connectivity index (χ1n) is 9.60. The molecule has 3 rings (SSSR count). The third kappa shape index (κ3) is 5.08. The van der Waals surface area contributed by atoms with Crippen LogP contribution in [-0.2, 0) is 0 Å². The molecule has 2 heterocycles. The molecule has 6 nitrogen and oxygen atoms in total. The Morgan fingerprint density at radius 1 is 1.19 bits per heavy atom. The number of hydrogen-bond donors (Lipinski definition) is 2. The van der Waals surface area contributed by atoms with Crippen molar-refractivity contribution in [3.8, 4) is 0 Å². The zero-order valence-electron chi connectivity index (χ0n) is 15.6. The summed E-state index contributed by atoms with van der Waals surface area (Å²) in [5, 5.41) is 13.0. The standard InChI is InChI=1S/C19H30FN5O/c1-2-21-19(25-9-7-18(26)15-25)22-8-10-23-11-13-24(14-12-23)17-5-3-16(20)4-6-17/h3-6,18,26H,2,7-15H2,1H3,(H,21,22)/t18-/m1/s1. The van der Waals surface area contributed by atoms with Gasteiger partial charge in [0, 0.05) is 58.0 Å². The number of aliphatic hydroxyl groups excluding tert-OH is 1. The molecular weight excluding hydrogens is 333 g/mol. The van der Waals surface area contributed by atoms with Crippen LogP contribution >= 0.6 is 0 Å². The Kier molecular flexibility index (Phi) is 6.68. The van der Waals surface area contributed by atoms with Crippen molar-refractivity contribution >= 4 is 11.6 Å². The minimum Gasteiger partial charge on any atom is -0.391 e. The third-order valence-electron chi connectivity index (χ3n) is 5.04. The van der Waals surface area contributed by atoms with Gasteiger partial charge >= 0.3 is 0 Å². The Bertz CT molecular complexity index is 586. The summed E-state index contributed by atoms with van der Waals surface area (Å²) in [4.78, 5) is 11.6. The second-order valence-electron chi connectivity index (χ2n) is 6.93. The summed E-state index contributed by atoms with van der Waals surface area (Å²) in [6, 6.07) is 6.74. The number of nitrogens with zero attached hydrogens (tertiary/aromatic N) is 4. The molecule has 0 aromatic heterocycles. The van der Waals surface area contributed by atoms with E-state index in [1.54, 1.807) is 0 Å². The number of rotatable bonds is 5. The third-order valence-corrected chi connectivity index (χ3v) is 5.04. The van der Waals surface area contributed by atoms with Gasteiger partial charge in [0.15, 0.2) is 5.96 Å². The highest BCUT2D eigenvalue weighted by Gasteiger charge is 2.23. The number of likely N-dealkylation sites (tertiary alicyclic amines) is 1. The van der Waals surface area contributed by atoms with E-state index in [9.17, 15) is 9.50 Å². The van der Waals surface area contributed by atoms with E-state index >= 15 is 0 Å². The van der Waals surface area contributed by atoms with Gasteiger partial charge in [-0.25, -0.2) is 4.39 Å². The Morgan fingerprint density at radius 2 is 1.92 bits per heavy atom. The van der Waals surface area contributed by atoms with Crippen LogP contribution < -0.4 is 10.2 Å². The van der Waals surface area contributed by atoms with E-state index in [4.69, 9.17) is 4.99 Å². The van der Waals surface area contributed by atoms with Crippen molar-refractivity contribution in [1.29, 1.82) is 0 Å². The average molecular weight is 363 g/mol. The summed E-state index contributed by atoms with van der Waals surface area (Å²) in [6.07, 6.45) is 0.578. The lowest BCUT2D eigenvalue weighted by molar-refractivity contribution is 0.187. The molecule has 7 heteroatoms. The molecule has 0 aliphatic carbocycles. The van der Waals surface area contributed by atoms with Gasteiger partial charge in [0.2, 0.25) is 0 Å². The number of guanidine groups is 1. The van der Waals surface area contributed by atoms with Crippen LogP contribution in [0.1, 0.15) is 13.3 Å². The largest absolute Gasteiger partial charge is 0.391 e. The van der Waals surface area contributed by atoms with Gasteiger partial charge in [-0.05, 0) is 37.6 Å². The van der Waals surface area contributed by atoms with Gasteiger partial charge in [-0.2, -0.15) is 0 Å². The van der Waals surface area contributed by atoms with Crippen molar-refractivity contribution in [3.05, 3.63) is 30.1 Å². The van der Waals surface area contributed by atoms with Gasteiger partial charge in [0.1, 0.15) is 5.82 Å². The number of halogens is 1. The van der Waals surface area contributed by atoms with Crippen LogP contribution in [0.15, 0.2) is 29.3 Å². The van der Waals surface area contributed by atoms with Gasteiger partial charge in [-0.1, -0.05) is 0 Å². The fourth-order valence-electron chi connectivity index (χ4n) is 3.54. The van der Waals surface area contributed by atoms with Crippen LogP contribution in [0.25, 0.3) is 0 Å². The van der Waals surface area contributed by atoms with Crippen molar-refractivity contribution in [2.24, 2.45) is 4.99 Å². The molecule has 2 N–H and O–H groups in total. The molecule has 0 amide bonds. The summed E-state index contributed by atoms with van der Waals surface area (Å²) in [5.41, 5.74) is 1.09. The number of aliphatic hydroxyl groups is 1. The van der Waals surface area contributed by atoms with Crippen molar-refractivity contribution in [1.82, 2.24) is 15.1 Å². The smallest absolute Gasteiger partial charge is 0.194 e. The zero-order chi connectivity index (χ0) is 18.4. The molecule has 26 heavy (non-hydrogen) atoms. The first-order valence-corrected chi connectivity index (χ1v) is 9.60. The second kappa shape index (κ2) is 9.19. The van der Waals surface area contributed by atoms with Gasteiger partial charge in [-0.3, -0.25) is 9.89 Å². The number of aliphatic imine (C=N–C) groups is 1. The Labute approximate surface area is 155 Å². The van der Waals surface area contributed by atoms with Crippen LogP contribution in [0.2, 0.25) is 0 Å². The summed E-state index contributed by atoms with van der Waals surface area (Å²) in [7, 11) is 0. The topological polar surface area (TPSA) is 54.3 Å². The highest BCUT2D eigenvalue weighted by molar-refractivity contribution is 5.80. The molecule has 1 atom stereocenters. The highest BCUT2D eigenvalue weighted by Crippen LogP contribution is 2.16. The average Bonchev–Trinajstić information content (AvgIpc) is 3.09. The number of hydrogen-bond acceptors (Lipinski definition) is 4. The minimum absolute atomic E-state index is 0.188. The molecule has 2 saturated heterocycles. The predicted molar refractivity (Wildman–Crippen MR) is 103 cm³/mol. The molecule has 2 fully saturated rings. The van der Waals surface area contributed by atoms with Crippen LogP contribution in [0, 0.1) is 5.82 Å². The number of benzene rings is 1. The maximum Gasteiger partial charge on any atom is 0.194 e. The molecule has 0 unspecified atom stereocenters. The minimum atomic E-state index is -0.238. The molecular formula is C19H30FN5O. The van der Waals surface area contributed by atoms with Crippen LogP contribution in [0.5, 0.6) is 0 Å². The van der Waals surface area contributed by atoms with Crippen molar-refractivity contribution < 1.29 is 9.50 Å². The molecule has 1 aromatic carbocycles. The van der Waals surface area contributed by atoms with Gasteiger partial charge in [-0.15, -0.1) is 0 Å². The zero-order valence-corrected chi connectivity index (χ0v) is 15.6. The monoisotopic (exact) mass is 363 g/mol. The van der Waals surface area contributed by atoms with Crippen LogP contribution in [-0.4, -0.2) is 85.9 Å². The highest BCUT2D eigenvalue weighted by atomic mass is 19.1. The van der Waals surface area contributed by atoms with E-state index in [0.29, 0.717) is 6.54 Å². The van der Waals surface area contributed by atoms with E-state index in [1.807, 2.05) is 12.1 Å². The molecule has 0 saturated carbocycles. The normalized spacial score (nSPS) is 22.1. The maximum atomic E-state index is 13.0. The Morgan fingerprint density at radius 3 is 2.54 bits per heavy atom. The summed E-state index contributed by atoms with van der Waals surface area (Å²) in [5.74, 6) is 0.723. The second-order valence-corrected chi connectivity index (χ2v) is 6.93. The molecule has 0 spiro atoms. The quantitative estimate of drug-likeness (QED) is 0.603. The van der Waals surface area contributed by atoms with E-state index in [-0.39, 0.29) is 11.9 Å². The van der Waals surface area contributed by atoms with Crippen LogP contribution in [0.4, 0.5) is 10.1 Å². The molecule has 0 bridgehead atoms. The maximum absolute atomic E-state index is 13.0. The van der Waals surface area contributed by atoms with E-state index in [1.165, 1.54) is 12.1 Å². The number of nitrogens with one attached hydrogen (secondary N) is 1. The number of piperazine rings is 1. The SMILES string of the molecule is CCNC(=NCCN1CCN(c2ccc(F)cc2)CC1)N1CC[C@@H](O)C1. The summed E-state index contributed by atoms with van der Waals surface area (Å²) >= 11 is 0. The molecule has 1 aromatic rings. The van der Waals surface area contributed by atoms with E-state index in [2.05, 4.69) is 26.9 Å². The molecule has 144 valence electrons. The number of β-amino-alcohol motifs (C(OH)–C–C–N with tert-alkyl or cyclic N) is 1. The molecule has 0 radical (unpaired) electrons. The van der Waals surface area contributed by atoms with E-state index < -0.39 is 0 Å². The van der Waals surface area contributed by atoms with Gasteiger partial charge < -0.3 is 20.2 Å². The first-order chi connectivity index (χ1) is 12.7. The van der Waals surface area contributed by atoms with Crippen molar-refractivity contribution in [2.75, 3.05) is 63.8 Å². The fraction of sp³-hybridized carbons (Fsp3) is 0.632. The lowest BCUT2D eigenvalue weighted by Crippen LogP contribution is -2.47. The first kappa shape index (κ1) is 18.9. The van der Waals surface area contributed by atoms with Gasteiger partial charge in [0.05, 0.1) is 12.6 Å². The lowest BCUT2D eigenvalue weighted by atomic mass is 10.2. The molecule has 2 aliphatic rings. The Hall–Kier alpha value is -1.86. The van der Waals surface area contributed by atoms with Crippen molar-refractivity contribution in [3.63, 3.8) is 0 Å². The van der Waals surface area contributed by atoms with E-state index in [0.717, 1.165) is 70.4 Å². The summed E-state index contributed by atoms with van der Waals surface area (Å²) in [6.45, 7) is 10.0. The summed E-state index contributed by atoms with van der Waals surface area (Å²) < 4.78 is 13.0. The van der Waals surface area contributed by atoms with Crippen LogP contribution in [0.3, 0.4) is 0 Å².